The average molecular weight is 448 g/mol. The van der Waals surface area contributed by atoms with Gasteiger partial charge in [0.25, 0.3) is 0 Å². The minimum atomic E-state index is -0.501. The summed E-state index contributed by atoms with van der Waals surface area (Å²) in [6, 6.07) is 18.2. The van der Waals surface area contributed by atoms with E-state index in [0.29, 0.717) is 38.8 Å². The van der Waals surface area contributed by atoms with Gasteiger partial charge in [0.1, 0.15) is 0 Å². The third-order valence-electron chi connectivity index (χ3n) is 6.32. The van der Waals surface area contributed by atoms with Crippen molar-refractivity contribution >= 4 is 23.2 Å². The molecule has 5 nitrogen and oxygen atoms in total. The SMILES string of the molecule is CN(C)C(=O)C1(Cc2ccccc2-c2cccs2)CCN(C(=O)Cc2ccccn2)CC1. The van der Waals surface area contributed by atoms with Crippen molar-refractivity contribution in [2.75, 3.05) is 27.2 Å². The molecule has 0 saturated carbocycles. The Balaban J connectivity index is 1.54. The molecular formula is C26H29N3O2S. The van der Waals surface area contributed by atoms with Crippen LogP contribution in [0.3, 0.4) is 0 Å². The third-order valence-corrected chi connectivity index (χ3v) is 7.23. The number of pyridine rings is 1. The number of benzene rings is 1. The van der Waals surface area contributed by atoms with Crippen LogP contribution in [0.25, 0.3) is 10.4 Å². The van der Waals surface area contributed by atoms with Crippen molar-refractivity contribution in [2.45, 2.75) is 25.7 Å². The lowest BCUT2D eigenvalue weighted by Crippen LogP contribution is -2.51. The number of hydrogen-bond donors (Lipinski definition) is 0. The maximum Gasteiger partial charge on any atom is 0.228 e. The van der Waals surface area contributed by atoms with Gasteiger partial charge >= 0.3 is 0 Å². The van der Waals surface area contributed by atoms with Crippen molar-refractivity contribution in [1.82, 2.24) is 14.8 Å². The Hall–Kier alpha value is -2.99. The van der Waals surface area contributed by atoms with Gasteiger partial charge in [-0.25, -0.2) is 0 Å². The first-order valence-corrected chi connectivity index (χ1v) is 11.9. The second-order valence-electron chi connectivity index (χ2n) is 8.67. The van der Waals surface area contributed by atoms with Gasteiger partial charge in [0.05, 0.1) is 11.8 Å². The van der Waals surface area contributed by atoms with Gasteiger partial charge in [-0.15, -0.1) is 11.3 Å². The van der Waals surface area contributed by atoms with Gasteiger partial charge in [0, 0.05) is 44.0 Å². The zero-order chi connectivity index (χ0) is 22.6. The predicted octanol–water partition coefficient (Wildman–Crippen LogP) is 4.29. The van der Waals surface area contributed by atoms with E-state index in [1.165, 1.54) is 16.0 Å². The van der Waals surface area contributed by atoms with Crippen molar-refractivity contribution in [2.24, 2.45) is 5.41 Å². The molecule has 2 amide bonds. The first-order valence-electron chi connectivity index (χ1n) is 11.0. The summed E-state index contributed by atoms with van der Waals surface area (Å²) in [7, 11) is 3.65. The zero-order valence-corrected chi connectivity index (χ0v) is 19.5. The lowest BCUT2D eigenvalue weighted by Gasteiger charge is -2.42. The van der Waals surface area contributed by atoms with Crippen LogP contribution in [0.5, 0.6) is 0 Å². The number of piperidine rings is 1. The summed E-state index contributed by atoms with van der Waals surface area (Å²) in [5, 5.41) is 2.08. The molecule has 0 aliphatic carbocycles. The Bertz CT molecular complexity index is 1060. The molecule has 2 aromatic heterocycles. The van der Waals surface area contributed by atoms with E-state index in [0.717, 1.165) is 5.69 Å². The van der Waals surface area contributed by atoms with Gasteiger partial charge in [-0.1, -0.05) is 36.4 Å². The lowest BCUT2D eigenvalue weighted by atomic mass is 9.72. The summed E-state index contributed by atoms with van der Waals surface area (Å²) in [5.41, 5.74) is 2.67. The van der Waals surface area contributed by atoms with E-state index in [1.54, 1.807) is 22.4 Å². The molecule has 1 aromatic carbocycles. The second kappa shape index (κ2) is 9.65. The summed E-state index contributed by atoms with van der Waals surface area (Å²) >= 11 is 1.72. The van der Waals surface area contributed by atoms with E-state index >= 15 is 0 Å². The highest BCUT2D eigenvalue weighted by Gasteiger charge is 2.43. The maximum atomic E-state index is 13.4. The Morgan fingerprint density at radius 1 is 1.03 bits per heavy atom. The molecule has 3 aromatic rings. The van der Waals surface area contributed by atoms with Gasteiger partial charge in [-0.3, -0.25) is 14.6 Å². The first kappa shape index (κ1) is 22.2. The topological polar surface area (TPSA) is 53.5 Å². The normalized spacial score (nSPS) is 15.4. The molecule has 0 atom stereocenters. The molecule has 4 rings (SSSR count). The second-order valence-corrected chi connectivity index (χ2v) is 9.62. The van der Waals surface area contributed by atoms with Crippen molar-refractivity contribution in [3.63, 3.8) is 0 Å². The smallest absolute Gasteiger partial charge is 0.228 e. The highest BCUT2D eigenvalue weighted by Crippen LogP contribution is 2.40. The molecule has 1 fully saturated rings. The van der Waals surface area contributed by atoms with E-state index in [1.807, 2.05) is 43.3 Å². The van der Waals surface area contributed by atoms with Crippen LogP contribution in [0.2, 0.25) is 0 Å². The number of thiophene rings is 1. The quantitative estimate of drug-likeness (QED) is 0.566. The molecular weight excluding hydrogens is 418 g/mol. The minimum Gasteiger partial charge on any atom is -0.348 e. The highest BCUT2D eigenvalue weighted by atomic mass is 32.1. The maximum absolute atomic E-state index is 13.4. The molecule has 1 saturated heterocycles. The molecule has 3 heterocycles. The molecule has 0 spiro atoms. The fourth-order valence-corrected chi connectivity index (χ4v) is 5.39. The Morgan fingerprint density at radius 3 is 2.44 bits per heavy atom. The molecule has 0 bridgehead atoms. The number of nitrogens with zero attached hydrogens (tertiary/aromatic N) is 3. The molecule has 166 valence electrons. The largest absolute Gasteiger partial charge is 0.348 e. The van der Waals surface area contributed by atoms with Crippen LogP contribution in [0, 0.1) is 5.41 Å². The van der Waals surface area contributed by atoms with E-state index < -0.39 is 5.41 Å². The van der Waals surface area contributed by atoms with Crippen molar-refractivity contribution in [3.05, 3.63) is 77.4 Å². The van der Waals surface area contributed by atoms with Crippen LogP contribution in [0.4, 0.5) is 0 Å². The van der Waals surface area contributed by atoms with E-state index in [-0.39, 0.29) is 11.8 Å². The Morgan fingerprint density at radius 2 is 1.78 bits per heavy atom. The van der Waals surface area contributed by atoms with Crippen LogP contribution < -0.4 is 0 Å². The van der Waals surface area contributed by atoms with E-state index in [2.05, 4.69) is 40.7 Å². The summed E-state index contributed by atoms with van der Waals surface area (Å²) in [6.45, 7) is 1.18. The average Bonchev–Trinajstić information content (AvgIpc) is 3.35. The molecule has 6 heteroatoms. The summed E-state index contributed by atoms with van der Waals surface area (Å²) in [4.78, 5) is 35.3. The monoisotopic (exact) mass is 447 g/mol. The number of hydrogen-bond acceptors (Lipinski definition) is 4. The van der Waals surface area contributed by atoms with E-state index in [9.17, 15) is 9.59 Å². The van der Waals surface area contributed by atoms with Gasteiger partial charge in [-0.05, 0) is 54.0 Å². The van der Waals surface area contributed by atoms with Crippen LogP contribution in [-0.2, 0) is 22.4 Å². The number of carbonyl (C=O) groups is 2. The number of likely N-dealkylation sites (tertiary alicyclic amines) is 1. The number of rotatable bonds is 6. The fraction of sp³-hybridized carbons (Fsp3) is 0.346. The highest BCUT2D eigenvalue weighted by molar-refractivity contribution is 7.13. The van der Waals surface area contributed by atoms with Crippen molar-refractivity contribution in [1.29, 1.82) is 0 Å². The van der Waals surface area contributed by atoms with Gasteiger partial charge in [0.15, 0.2) is 0 Å². The molecule has 0 N–H and O–H groups in total. The number of amides is 2. The summed E-state index contributed by atoms with van der Waals surface area (Å²) in [5.74, 6) is 0.226. The Labute approximate surface area is 193 Å². The molecule has 32 heavy (non-hydrogen) atoms. The van der Waals surface area contributed by atoms with Crippen LogP contribution >= 0.6 is 11.3 Å². The fourth-order valence-electron chi connectivity index (χ4n) is 4.61. The number of carbonyl (C=O) groups excluding carboxylic acids is 2. The van der Waals surface area contributed by atoms with Crippen LogP contribution in [0.1, 0.15) is 24.1 Å². The van der Waals surface area contributed by atoms with Crippen LogP contribution in [0.15, 0.2) is 66.2 Å². The van der Waals surface area contributed by atoms with Crippen LogP contribution in [-0.4, -0.2) is 53.8 Å². The van der Waals surface area contributed by atoms with E-state index in [4.69, 9.17) is 0 Å². The molecule has 1 aliphatic rings. The predicted molar refractivity (Wildman–Crippen MR) is 128 cm³/mol. The molecule has 0 radical (unpaired) electrons. The minimum absolute atomic E-state index is 0.0774. The summed E-state index contributed by atoms with van der Waals surface area (Å²) < 4.78 is 0. The number of aromatic nitrogens is 1. The Kier molecular flexibility index (Phi) is 6.70. The van der Waals surface area contributed by atoms with Gasteiger partial charge in [-0.2, -0.15) is 0 Å². The zero-order valence-electron chi connectivity index (χ0n) is 18.7. The molecule has 0 unspecified atom stereocenters. The lowest BCUT2D eigenvalue weighted by molar-refractivity contribution is -0.146. The van der Waals surface area contributed by atoms with Gasteiger partial charge in [0.2, 0.25) is 11.8 Å². The summed E-state index contributed by atoms with van der Waals surface area (Å²) in [6.07, 6.45) is 4.02. The third kappa shape index (κ3) is 4.75. The first-order chi connectivity index (χ1) is 15.5. The molecule has 1 aliphatic heterocycles. The standard InChI is InChI=1S/C26H29N3O2S/c1-28(2)25(31)26(19-20-8-3-4-10-22(20)23-11-7-17-32-23)12-15-29(16-13-26)24(30)18-21-9-5-6-14-27-21/h3-11,14,17H,12-13,15-16,18-19H2,1-2H3. The van der Waals surface area contributed by atoms with Crippen molar-refractivity contribution < 1.29 is 9.59 Å². The van der Waals surface area contributed by atoms with Crippen molar-refractivity contribution in [3.8, 4) is 10.4 Å². The van der Waals surface area contributed by atoms with Gasteiger partial charge < -0.3 is 9.80 Å².